The second kappa shape index (κ2) is 9.72. The van der Waals surface area contributed by atoms with E-state index < -0.39 is 6.10 Å². The zero-order valence-electron chi connectivity index (χ0n) is 11.1. The van der Waals surface area contributed by atoms with Crippen molar-refractivity contribution in [1.29, 1.82) is 0 Å². The predicted molar refractivity (Wildman–Crippen MR) is 65.5 cm³/mol. The zero-order chi connectivity index (χ0) is 12.1. The maximum atomic E-state index is 12.1. The summed E-state index contributed by atoms with van der Waals surface area (Å²) in [6, 6.07) is 17.6. The third-order valence-electron chi connectivity index (χ3n) is 2.52. The fourth-order valence-electron chi connectivity index (χ4n) is 1.65. The second-order valence-corrected chi connectivity index (χ2v) is 3.63. The molecule has 0 bridgehead atoms. The summed E-state index contributed by atoms with van der Waals surface area (Å²) >= 11 is 0. The minimum atomic E-state index is -1.24. The Bertz CT molecular complexity index is 503. The van der Waals surface area contributed by atoms with E-state index in [-0.39, 0.29) is 64.8 Å². The van der Waals surface area contributed by atoms with Gasteiger partial charge in [0.25, 0.3) is 0 Å². The Labute approximate surface area is 156 Å². The Hall–Kier alpha value is -0.130. The minimum absolute atomic E-state index is 0. The largest absolute Gasteiger partial charge is 1.00 e. The molecule has 0 N–H and O–H groups in total. The molecule has 1 unspecified atom stereocenters. The molecular formula is C14H11NNa2O2. The van der Waals surface area contributed by atoms with Crippen LogP contribution in [-0.2, 0) is 0 Å². The summed E-state index contributed by atoms with van der Waals surface area (Å²) in [6.07, 6.45) is -1.24. The topological polar surface area (TPSA) is 58.5 Å². The van der Waals surface area contributed by atoms with Crippen LogP contribution in [0.3, 0.4) is 0 Å². The molecule has 86 valence electrons. The van der Waals surface area contributed by atoms with Crippen LogP contribution in [0.2, 0.25) is 0 Å². The normalized spacial score (nSPS) is 11.9. The fourth-order valence-corrected chi connectivity index (χ4v) is 1.65. The maximum absolute atomic E-state index is 12.1. The van der Waals surface area contributed by atoms with E-state index in [0.29, 0.717) is 11.1 Å². The smallest absolute Gasteiger partial charge is 0.844 e. The van der Waals surface area contributed by atoms with Crippen molar-refractivity contribution in [1.82, 2.24) is 0 Å². The van der Waals surface area contributed by atoms with Gasteiger partial charge in [-0.05, 0) is 5.56 Å². The molecule has 0 radical (unpaired) electrons. The monoisotopic (exact) mass is 271 g/mol. The minimum Gasteiger partial charge on any atom is -0.844 e. The van der Waals surface area contributed by atoms with Gasteiger partial charge in [0.2, 0.25) is 0 Å². The van der Waals surface area contributed by atoms with Crippen LogP contribution in [0.15, 0.2) is 65.8 Å². The first-order valence-electron chi connectivity index (χ1n) is 5.29. The van der Waals surface area contributed by atoms with Gasteiger partial charge in [-0.25, -0.2) is 0 Å². The van der Waals surface area contributed by atoms with E-state index in [1.54, 1.807) is 48.5 Å². The van der Waals surface area contributed by atoms with Gasteiger partial charge in [0.1, 0.15) is 0 Å². The van der Waals surface area contributed by atoms with E-state index in [0.717, 1.165) is 0 Å². The first kappa shape index (κ1) is 18.9. The summed E-state index contributed by atoms with van der Waals surface area (Å²) in [5.41, 5.74) is 1.15. The van der Waals surface area contributed by atoms with Crippen molar-refractivity contribution in [3.63, 3.8) is 0 Å². The second-order valence-electron chi connectivity index (χ2n) is 3.63. The average molecular weight is 271 g/mol. The van der Waals surface area contributed by atoms with E-state index in [1.807, 2.05) is 12.1 Å². The quantitative estimate of drug-likeness (QED) is 0.325. The SMILES string of the molecule is [Na+].[Na+].[O-]/N=C(/c1ccccc1)C([O-])c1ccccc1. The zero-order valence-corrected chi connectivity index (χ0v) is 15.1. The number of benzene rings is 2. The molecule has 0 fully saturated rings. The van der Waals surface area contributed by atoms with Gasteiger partial charge >= 0.3 is 59.1 Å². The Morgan fingerprint density at radius 3 is 1.79 bits per heavy atom. The van der Waals surface area contributed by atoms with Crippen molar-refractivity contribution in [3.05, 3.63) is 77.0 Å². The number of hydrogen-bond acceptors (Lipinski definition) is 3. The average Bonchev–Trinajstić information content (AvgIpc) is 2.42. The van der Waals surface area contributed by atoms with Crippen molar-refractivity contribution < 1.29 is 64.2 Å². The first-order chi connectivity index (χ1) is 8.33. The van der Waals surface area contributed by atoms with Crippen molar-refractivity contribution >= 4 is 5.71 Å². The molecule has 0 aliphatic rings. The maximum Gasteiger partial charge on any atom is 1.00 e. The van der Waals surface area contributed by atoms with E-state index in [2.05, 4.69) is 5.16 Å². The summed E-state index contributed by atoms with van der Waals surface area (Å²) in [6.45, 7) is 0. The van der Waals surface area contributed by atoms with Gasteiger partial charge in [-0.2, -0.15) is 0 Å². The molecule has 5 heteroatoms. The summed E-state index contributed by atoms with van der Waals surface area (Å²) in [5.74, 6) is 0. The molecule has 0 aliphatic heterocycles. The molecule has 2 rings (SSSR count). The summed E-state index contributed by atoms with van der Waals surface area (Å²) in [4.78, 5) is 0. The van der Waals surface area contributed by atoms with Gasteiger partial charge in [0.15, 0.2) is 0 Å². The molecule has 0 aliphatic carbocycles. The van der Waals surface area contributed by atoms with Crippen LogP contribution in [0, 0.1) is 5.21 Å². The fraction of sp³-hybridized carbons (Fsp3) is 0.0714. The molecule has 0 saturated carbocycles. The van der Waals surface area contributed by atoms with Crippen LogP contribution in [0.4, 0.5) is 0 Å². The predicted octanol–water partition coefficient (Wildman–Crippen LogP) is -3.92. The van der Waals surface area contributed by atoms with Crippen LogP contribution in [0.1, 0.15) is 17.2 Å². The number of nitrogens with zero attached hydrogens (tertiary/aromatic N) is 1. The van der Waals surface area contributed by atoms with Crippen molar-refractivity contribution in [3.8, 4) is 0 Å². The molecular weight excluding hydrogens is 260 g/mol. The first-order valence-corrected chi connectivity index (χ1v) is 5.29. The molecule has 19 heavy (non-hydrogen) atoms. The van der Waals surface area contributed by atoms with E-state index in [4.69, 9.17) is 0 Å². The standard InChI is InChI=1S/C14H12NO2.2Na/c16-14(12-9-5-2-6-10-12)13(15-17)11-7-3-1-4-8-11;;/h1-10,14,17H;;/q-1;2*+1/p-1/b15-13-;;. The number of hydrogen-bond donors (Lipinski definition) is 0. The molecule has 0 saturated heterocycles. The third kappa shape index (κ3) is 5.04. The van der Waals surface area contributed by atoms with Crippen LogP contribution < -0.4 is 64.2 Å². The molecule has 0 heterocycles. The molecule has 0 aromatic heterocycles. The molecule has 1 atom stereocenters. The van der Waals surface area contributed by atoms with E-state index in [1.165, 1.54) is 0 Å². The molecule has 3 nitrogen and oxygen atoms in total. The Balaban J connectivity index is 0.00000162. The van der Waals surface area contributed by atoms with Gasteiger partial charge in [-0.1, -0.05) is 72.3 Å². The van der Waals surface area contributed by atoms with Crippen LogP contribution in [-0.4, -0.2) is 5.71 Å². The molecule has 0 amide bonds. The van der Waals surface area contributed by atoms with Crippen LogP contribution in [0.25, 0.3) is 0 Å². The van der Waals surface area contributed by atoms with Crippen molar-refractivity contribution in [2.24, 2.45) is 5.16 Å². The molecule has 2 aromatic carbocycles. The van der Waals surface area contributed by atoms with Gasteiger partial charge in [-0.3, -0.25) is 0 Å². The summed E-state index contributed by atoms with van der Waals surface area (Å²) in [7, 11) is 0. The van der Waals surface area contributed by atoms with E-state index in [9.17, 15) is 10.3 Å². The summed E-state index contributed by atoms with van der Waals surface area (Å²) < 4.78 is 0. The Morgan fingerprint density at radius 1 is 0.842 bits per heavy atom. The Kier molecular flexibility index (Phi) is 9.66. The van der Waals surface area contributed by atoms with E-state index >= 15 is 0 Å². The Morgan fingerprint density at radius 2 is 1.32 bits per heavy atom. The number of rotatable bonds is 3. The molecule has 2 aromatic rings. The van der Waals surface area contributed by atoms with Crippen molar-refractivity contribution in [2.45, 2.75) is 6.10 Å². The van der Waals surface area contributed by atoms with Crippen LogP contribution >= 0.6 is 0 Å². The van der Waals surface area contributed by atoms with Crippen molar-refractivity contribution in [2.75, 3.05) is 0 Å². The summed E-state index contributed by atoms with van der Waals surface area (Å²) in [5, 5.41) is 25.9. The third-order valence-corrected chi connectivity index (χ3v) is 2.52. The van der Waals surface area contributed by atoms with Gasteiger partial charge in [0.05, 0.1) is 0 Å². The van der Waals surface area contributed by atoms with Crippen LogP contribution in [0.5, 0.6) is 0 Å². The van der Waals surface area contributed by atoms with Gasteiger partial charge in [-0.15, -0.1) is 0 Å². The van der Waals surface area contributed by atoms with Gasteiger partial charge < -0.3 is 15.5 Å². The van der Waals surface area contributed by atoms with Gasteiger partial charge in [0, 0.05) is 5.71 Å². The molecule has 0 spiro atoms.